The average Bonchev–Trinajstić information content (AvgIpc) is 3.67. The smallest absolute Gasteiger partial charge is 0.256 e. The highest BCUT2D eigenvalue weighted by Gasteiger charge is 2.39. The number of hydrogen-bond acceptors (Lipinski definition) is 12. The summed E-state index contributed by atoms with van der Waals surface area (Å²) in [4.78, 5) is 51.0. The molecule has 0 aromatic heterocycles. The first-order chi connectivity index (χ1) is 26.8. The van der Waals surface area contributed by atoms with Crippen LogP contribution in [0.15, 0.2) is 109 Å². The zero-order valence-corrected chi connectivity index (χ0v) is 30.4. The largest absolute Gasteiger partial charge is 0.388 e. The van der Waals surface area contributed by atoms with E-state index in [0.717, 1.165) is 16.7 Å². The number of fused-ring (bicyclic) bond motifs is 6. The molecule has 2 saturated heterocycles. The molecule has 2 aliphatic heterocycles. The van der Waals surface area contributed by atoms with E-state index in [4.69, 9.17) is 0 Å². The normalized spacial score (nSPS) is 26.7. The number of allylic oxidation sites excluding steroid dienone is 1. The maximum absolute atomic E-state index is 12.8. The van der Waals surface area contributed by atoms with Crippen LogP contribution in [0, 0.1) is 0 Å². The maximum atomic E-state index is 12.8. The summed E-state index contributed by atoms with van der Waals surface area (Å²) in [5.74, 6) is -1.11. The Bertz CT molecular complexity index is 2320. The van der Waals surface area contributed by atoms with Crippen molar-refractivity contribution in [1.82, 2.24) is 16.0 Å². The van der Waals surface area contributed by atoms with Crippen molar-refractivity contribution in [2.45, 2.75) is 76.4 Å². The fraction of sp³-hybridized carbons (Fsp3) is 0.273. The minimum atomic E-state index is -1.37. The van der Waals surface area contributed by atoms with Crippen molar-refractivity contribution in [1.29, 1.82) is 0 Å². The predicted octanol–water partition coefficient (Wildman–Crippen LogP) is 2.15. The maximum Gasteiger partial charge on any atom is 0.256 e. The summed E-state index contributed by atoms with van der Waals surface area (Å²) in [6, 6.07) is 24.1. The van der Waals surface area contributed by atoms with Gasteiger partial charge in [0.1, 0.15) is 36.6 Å². The van der Waals surface area contributed by atoms with Gasteiger partial charge in [-0.2, -0.15) is 0 Å². The van der Waals surface area contributed by atoms with Crippen molar-refractivity contribution >= 4 is 23.3 Å². The molecule has 9 N–H and O–H groups in total. The number of nitrogens with one attached hydrogen (secondary N) is 3. The van der Waals surface area contributed by atoms with Crippen LogP contribution in [-0.4, -0.2) is 103 Å². The molecule has 2 heterocycles. The fourth-order valence-electron chi connectivity index (χ4n) is 7.64. The lowest BCUT2D eigenvalue weighted by molar-refractivity contribution is -0.114. The summed E-state index contributed by atoms with van der Waals surface area (Å²) in [6.07, 6.45) is -5.24. The van der Waals surface area contributed by atoms with Crippen LogP contribution in [-0.2, 0) is 11.2 Å². The highest BCUT2D eigenvalue weighted by molar-refractivity contribution is 6.26. The van der Waals surface area contributed by atoms with Crippen molar-refractivity contribution in [3.63, 3.8) is 0 Å². The molecule has 0 bridgehead atoms. The predicted molar refractivity (Wildman–Crippen MR) is 211 cm³/mol. The molecule has 1 amide bonds. The monoisotopic (exact) mass is 775 g/mol. The summed E-state index contributed by atoms with van der Waals surface area (Å²) in [7, 11) is 0. The number of carbonyl (C=O) groups is 4. The van der Waals surface area contributed by atoms with Crippen LogP contribution < -0.4 is 16.0 Å². The summed E-state index contributed by atoms with van der Waals surface area (Å²) in [5.41, 5.74) is 6.48. The van der Waals surface area contributed by atoms with Crippen LogP contribution in [0.25, 0.3) is 22.3 Å². The number of aliphatic hydroxyl groups is 6. The van der Waals surface area contributed by atoms with Crippen molar-refractivity contribution in [2.75, 3.05) is 0 Å². The standard InChI is InChI=1S/C22H21NO5.C21H20N2O5.CH4/c1-11-19(25)22(28)21(27)17(23-11)10-13(24)9-12-5-4-8-15-14-6-2-3-7-16(14)20(26)18(12)15;1-10-17(24)20(27)19(26)15(23-10)9-22-21(28)14-8-4-7-12-11-5-2-3-6-13(11)18(25)16(12)14;/h2-8,10-11,19,21-23,25,27-28H,9H2,1H3;2-10,17,19-20,23-24,26-27H,1H3,(H,22,28);1H4/t11-,19+,21+,22+;10-,17+,19+,20+;/m00./s1. The molecule has 13 heteroatoms. The topological polar surface area (TPSA) is 226 Å². The second kappa shape index (κ2) is 16.4. The minimum Gasteiger partial charge on any atom is -0.388 e. The van der Waals surface area contributed by atoms with Crippen LogP contribution in [0.5, 0.6) is 0 Å². The Morgan fingerprint density at radius 3 is 1.63 bits per heavy atom. The number of hydrogen-bond donors (Lipinski definition) is 9. The van der Waals surface area contributed by atoms with Crippen LogP contribution in [0.3, 0.4) is 0 Å². The van der Waals surface area contributed by atoms with E-state index >= 15 is 0 Å². The van der Waals surface area contributed by atoms with Crippen LogP contribution in [0.1, 0.15) is 69.0 Å². The first kappa shape index (κ1) is 40.9. The van der Waals surface area contributed by atoms with Gasteiger partial charge in [0, 0.05) is 46.6 Å². The minimum absolute atomic E-state index is 0. The zero-order chi connectivity index (χ0) is 40.0. The molecule has 0 saturated carbocycles. The second-order valence-electron chi connectivity index (χ2n) is 14.4. The first-order valence-corrected chi connectivity index (χ1v) is 18.2. The first-order valence-electron chi connectivity index (χ1n) is 18.2. The molecule has 4 aliphatic rings. The summed E-state index contributed by atoms with van der Waals surface area (Å²) in [5, 5.41) is 67.8. The van der Waals surface area contributed by atoms with Gasteiger partial charge in [0.25, 0.3) is 5.91 Å². The zero-order valence-electron chi connectivity index (χ0n) is 30.4. The van der Waals surface area contributed by atoms with E-state index in [1.807, 2.05) is 42.5 Å². The molecular weight excluding hydrogens is 730 g/mol. The molecule has 4 aromatic rings. The van der Waals surface area contributed by atoms with Crippen molar-refractivity contribution in [3.8, 4) is 22.3 Å². The third-order valence-corrected chi connectivity index (χ3v) is 10.7. The number of aliphatic hydroxyl groups excluding tert-OH is 6. The number of amides is 1. The third-order valence-electron chi connectivity index (χ3n) is 10.7. The number of benzene rings is 4. The van der Waals surface area contributed by atoms with Crippen LogP contribution in [0.2, 0.25) is 0 Å². The Morgan fingerprint density at radius 2 is 1.05 bits per heavy atom. The summed E-state index contributed by atoms with van der Waals surface area (Å²) >= 11 is 0. The van der Waals surface area contributed by atoms with Gasteiger partial charge in [0.15, 0.2) is 17.3 Å². The van der Waals surface area contributed by atoms with E-state index in [1.54, 1.807) is 56.3 Å². The molecule has 8 atom stereocenters. The molecule has 0 spiro atoms. The van der Waals surface area contributed by atoms with E-state index < -0.39 is 54.6 Å². The van der Waals surface area contributed by atoms with Gasteiger partial charge in [0.2, 0.25) is 0 Å². The van der Waals surface area contributed by atoms with E-state index in [0.29, 0.717) is 33.4 Å². The van der Waals surface area contributed by atoms with Crippen molar-refractivity contribution < 1.29 is 49.8 Å². The van der Waals surface area contributed by atoms with E-state index in [9.17, 15) is 49.8 Å². The van der Waals surface area contributed by atoms with Gasteiger partial charge in [-0.1, -0.05) is 86.3 Å². The molecule has 0 radical (unpaired) electrons. The lowest BCUT2D eigenvalue weighted by atomic mass is 9.92. The Hall–Kier alpha value is -5.80. The average molecular weight is 776 g/mol. The SMILES string of the molecule is C.C[C@@H]1NC(=CC(=O)Cc2cccc3c2C(=O)c2ccccc2-3)[C@@H](O)[C@H](O)[C@@H]1O.C[C@@H]1NC(=CNC(=O)c2cccc3c2C(=O)c2ccccc2-3)[C@@H](O)[C@H](O)[C@@H]1O. The van der Waals surface area contributed by atoms with Gasteiger partial charge in [-0.3, -0.25) is 19.2 Å². The molecule has 4 aromatic carbocycles. The van der Waals surface area contributed by atoms with Crippen molar-refractivity contribution in [3.05, 3.63) is 142 Å². The van der Waals surface area contributed by atoms with E-state index in [-0.39, 0.29) is 48.2 Å². The molecule has 8 rings (SSSR count). The second-order valence-corrected chi connectivity index (χ2v) is 14.4. The van der Waals surface area contributed by atoms with E-state index in [2.05, 4.69) is 16.0 Å². The molecule has 296 valence electrons. The van der Waals surface area contributed by atoms with Gasteiger partial charge >= 0.3 is 0 Å². The molecule has 2 fully saturated rings. The summed E-state index contributed by atoms with van der Waals surface area (Å²) in [6.45, 7) is 3.30. The fourth-order valence-corrected chi connectivity index (χ4v) is 7.64. The van der Waals surface area contributed by atoms with E-state index in [1.165, 1.54) is 12.3 Å². The van der Waals surface area contributed by atoms with Gasteiger partial charge in [-0.15, -0.1) is 0 Å². The molecule has 2 aliphatic carbocycles. The Morgan fingerprint density at radius 1 is 0.596 bits per heavy atom. The Labute approximate surface area is 329 Å². The Kier molecular flexibility index (Phi) is 11.7. The van der Waals surface area contributed by atoms with Crippen molar-refractivity contribution in [2.24, 2.45) is 0 Å². The Balaban J connectivity index is 0.000000189. The lowest BCUT2D eigenvalue weighted by Crippen LogP contribution is -2.57. The number of carbonyl (C=O) groups excluding carboxylic acids is 4. The molecule has 0 unspecified atom stereocenters. The third kappa shape index (κ3) is 7.44. The quantitative estimate of drug-likeness (QED) is 0.115. The number of piperidine rings is 2. The van der Waals surface area contributed by atoms with Gasteiger partial charge < -0.3 is 46.6 Å². The molecule has 57 heavy (non-hydrogen) atoms. The molecule has 13 nitrogen and oxygen atoms in total. The van der Waals surface area contributed by atoms with Gasteiger partial charge in [-0.25, -0.2) is 0 Å². The van der Waals surface area contributed by atoms with Gasteiger partial charge in [0.05, 0.1) is 23.3 Å². The number of ketones is 3. The highest BCUT2D eigenvalue weighted by atomic mass is 16.4. The molecular formula is C44H45N3O10. The summed E-state index contributed by atoms with van der Waals surface area (Å²) < 4.78 is 0. The van der Waals surface area contributed by atoms with Crippen LogP contribution in [0.4, 0.5) is 0 Å². The van der Waals surface area contributed by atoms with Gasteiger partial charge in [-0.05, 0) is 47.7 Å². The highest BCUT2D eigenvalue weighted by Crippen LogP contribution is 2.39. The lowest BCUT2D eigenvalue weighted by Gasteiger charge is -2.36. The number of rotatable bonds is 5. The van der Waals surface area contributed by atoms with Crippen LogP contribution >= 0.6 is 0 Å².